The van der Waals surface area contributed by atoms with Crippen LogP contribution in [0.4, 0.5) is 0 Å². The molecule has 0 saturated heterocycles. The first-order chi connectivity index (χ1) is 12.6. The van der Waals surface area contributed by atoms with Gasteiger partial charge in [-0.2, -0.15) is 5.26 Å². The lowest BCUT2D eigenvalue weighted by Gasteiger charge is -2.08. The number of aryl methyl sites for hydroxylation is 1. The van der Waals surface area contributed by atoms with Crippen molar-refractivity contribution in [2.45, 2.75) is 5.92 Å². The van der Waals surface area contributed by atoms with Gasteiger partial charge in [-0.25, -0.2) is 4.98 Å². The Morgan fingerprint density at radius 2 is 2.04 bits per heavy atom. The molecular weight excluding hydrogens is 350 g/mol. The number of carbonyl (C=O) groups excluding carboxylic acids is 1. The van der Waals surface area contributed by atoms with E-state index in [1.807, 2.05) is 17.5 Å². The molecule has 1 aromatic carbocycles. The lowest BCUT2D eigenvalue weighted by Crippen LogP contribution is -2.14. The van der Waals surface area contributed by atoms with Gasteiger partial charge in [-0.3, -0.25) is 4.79 Å². The zero-order valence-electron chi connectivity index (χ0n) is 14.6. The van der Waals surface area contributed by atoms with Gasteiger partial charge in [0.05, 0.1) is 31.7 Å². The standard InChI is InChI=1S/C19H17N3O3S/c1-22-8-4-5-15(22)18(23)13(10-20)19-21-14(11-26-19)12-6-7-16(24-2)17(9-12)25-3/h4-9,11,13H,1-3H3/t13-/m1/s1. The minimum atomic E-state index is -0.928. The molecule has 0 aliphatic rings. The molecular formula is C19H17N3O3S. The van der Waals surface area contributed by atoms with Crippen molar-refractivity contribution in [3.05, 3.63) is 52.6 Å². The van der Waals surface area contributed by atoms with E-state index in [1.54, 1.807) is 50.2 Å². The highest BCUT2D eigenvalue weighted by molar-refractivity contribution is 7.10. The average molecular weight is 367 g/mol. The summed E-state index contributed by atoms with van der Waals surface area (Å²) in [7, 11) is 4.92. The minimum Gasteiger partial charge on any atom is -0.493 e. The van der Waals surface area contributed by atoms with Crippen molar-refractivity contribution in [3.63, 3.8) is 0 Å². The molecule has 0 saturated carbocycles. The topological polar surface area (TPSA) is 77.1 Å². The van der Waals surface area contributed by atoms with Crippen LogP contribution in [0.5, 0.6) is 11.5 Å². The van der Waals surface area contributed by atoms with Gasteiger partial charge in [0.2, 0.25) is 5.78 Å². The Kier molecular flexibility index (Phi) is 5.05. The Morgan fingerprint density at radius 3 is 2.65 bits per heavy atom. The molecule has 0 N–H and O–H groups in total. The number of ketones is 1. The second-order valence-corrected chi connectivity index (χ2v) is 6.46. The molecule has 0 fully saturated rings. The highest BCUT2D eigenvalue weighted by Crippen LogP contribution is 2.34. The fourth-order valence-corrected chi connectivity index (χ4v) is 3.51. The summed E-state index contributed by atoms with van der Waals surface area (Å²) < 4.78 is 12.3. The van der Waals surface area contributed by atoms with Gasteiger partial charge >= 0.3 is 0 Å². The van der Waals surface area contributed by atoms with Gasteiger partial charge in [0.1, 0.15) is 5.01 Å². The fraction of sp³-hybridized carbons (Fsp3) is 0.211. The van der Waals surface area contributed by atoms with E-state index in [1.165, 1.54) is 11.3 Å². The Balaban J connectivity index is 1.93. The summed E-state index contributed by atoms with van der Waals surface area (Å²) in [5, 5.41) is 11.8. The lowest BCUT2D eigenvalue weighted by molar-refractivity contribution is 0.0971. The molecule has 0 spiro atoms. The van der Waals surface area contributed by atoms with Gasteiger partial charge in [0, 0.05) is 24.2 Å². The predicted octanol–water partition coefficient (Wildman–Crippen LogP) is 3.66. The summed E-state index contributed by atoms with van der Waals surface area (Å²) in [6, 6.07) is 11.0. The number of rotatable bonds is 6. The Bertz CT molecular complexity index is 984. The second kappa shape index (κ2) is 7.42. The number of benzene rings is 1. The largest absolute Gasteiger partial charge is 0.493 e. The summed E-state index contributed by atoms with van der Waals surface area (Å²) in [4.78, 5) is 17.2. The first-order valence-corrected chi connectivity index (χ1v) is 8.70. The fourth-order valence-electron chi connectivity index (χ4n) is 2.64. The molecule has 3 aromatic rings. The first kappa shape index (κ1) is 17.7. The number of methoxy groups -OCH3 is 2. The highest BCUT2D eigenvalue weighted by atomic mass is 32.1. The zero-order chi connectivity index (χ0) is 18.7. The number of ether oxygens (including phenoxy) is 2. The van der Waals surface area contributed by atoms with E-state index in [0.29, 0.717) is 27.9 Å². The molecule has 2 aromatic heterocycles. The van der Waals surface area contributed by atoms with Crippen LogP contribution in [0.3, 0.4) is 0 Å². The third-order valence-electron chi connectivity index (χ3n) is 4.04. The van der Waals surface area contributed by atoms with Gasteiger partial charge < -0.3 is 14.0 Å². The zero-order valence-corrected chi connectivity index (χ0v) is 15.4. The first-order valence-electron chi connectivity index (χ1n) is 7.82. The van der Waals surface area contributed by atoms with Gasteiger partial charge in [0.25, 0.3) is 0 Å². The number of hydrogen-bond acceptors (Lipinski definition) is 6. The van der Waals surface area contributed by atoms with E-state index >= 15 is 0 Å². The number of aromatic nitrogens is 2. The maximum absolute atomic E-state index is 12.7. The van der Waals surface area contributed by atoms with E-state index < -0.39 is 5.92 Å². The van der Waals surface area contributed by atoms with Crippen LogP contribution in [-0.2, 0) is 7.05 Å². The van der Waals surface area contributed by atoms with Crippen molar-refractivity contribution in [1.82, 2.24) is 9.55 Å². The summed E-state index contributed by atoms with van der Waals surface area (Å²) in [6.07, 6.45) is 1.78. The van der Waals surface area contributed by atoms with Crippen molar-refractivity contribution in [2.75, 3.05) is 14.2 Å². The van der Waals surface area contributed by atoms with Crippen molar-refractivity contribution in [1.29, 1.82) is 5.26 Å². The van der Waals surface area contributed by atoms with Crippen LogP contribution >= 0.6 is 11.3 Å². The third-order valence-corrected chi connectivity index (χ3v) is 4.95. The molecule has 132 valence electrons. The molecule has 0 bridgehead atoms. The van der Waals surface area contributed by atoms with E-state index in [4.69, 9.17) is 9.47 Å². The predicted molar refractivity (Wildman–Crippen MR) is 98.8 cm³/mol. The molecule has 0 aliphatic heterocycles. The number of nitrogens with zero attached hydrogens (tertiary/aromatic N) is 3. The van der Waals surface area contributed by atoms with Gasteiger partial charge in [0.15, 0.2) is 17.4 Å². The number of hydrogen-bond donors (Lipinski definition) is 0. The van der Waals surface area contributed by atoms with Crippen LogP contribution < -0.4 is 9.47 Å². The molecule has 0 radical (unpaired) electrons. The summed E-state index contributed by atoms with van der Waals surface area (Å²) in [5.74, 6) is 0.0347. The van der Waals surface area contributed by atoms with Crippen molar-refractivity contribution in [2.24, 2.45) is 7.05 Å². The molecule has 2 heterocycles. The van der Waals surface area contributed by atoms with Crippen molar-refractivity contribution in [3.8, 4) is 28.8 Å². The van der Waals surface area contributed by atoms with Crippen molar-refractivity contribution < 1.29 is 14.3 Å². The van der Waals surface area contributed by atoms with Crippen molar-refractivity contribution >= 4 is 17.1 Å². The molecule has 0 amide bonds. The van der Waals surface area contributed by atoms with Gasteiger partial charge in [-0.05, 0) is 30.3 Å². The Labute approximate surface area is 155 Å². The van der Waals surface area contributed by atoms with Gasteiger partial charge in [-0.15, -0.1) is 11.3 Å². The number of thiazole rings is 1. The van der Waals surface area contributed by atoms with E-state index in [2.05, 4.69) is 11.1 Å². The summed E-state index contributed by atoms with van der Waals surface area (Å²) in [6.45, 7) is 0. The highest BCUT2D eigenvalue weighted by Gasteiger charge is 2.26. The quantitative estimate of drug-likeness (QED) is 0.622. The van der Waals surface area contributed by atoms with Crippen LogP contribution in [0.1, 0.15) is 21.4 Å². The summed E-state index contributed by atoms with van der Waals surface area (Å²) >= 11 is 1.30. The number of nitriles is 1. The lowest BCUT2D eigenvalue weighted by atomic mass is 10.0. The van der Waals surface area contributed by atoms with Crippen LogP contribution in [0, 0.1) is 11.3 Å². The molecule has 0 aliphatic carbocycles. The normalized spacial score (nSPS) is 11.6. The molecule has 0 unspecified atom stereocenters. The number of Topliss-reactive ketones (excluding diaryl/α,β-unsaturated/α-hetero) is 1. The van der Waals surface area contributed by atoms with E-state index in [9.17, 15) is 10.1 Å². The molecule has 1 atom stereocenters. The Morgan fingerprint density at radius 1 is 1.27 bits per heavy atom. The maximum Gasteiger partial charge on any atom is 0.203 e. The monoisotopic (exact) mass is 367 g/mol. The van der Waals surface area contributed by atoms with E-state index in [-0.39, 0.29) is 5.78 Å². The number of carbonyl (C=O) groups is 1. The molecule has 6 nitrogen and oxygen atoms in total. The third kappa shape index (κ3) is 3.19. The smallest absolute Gasteiger partial charge is 0.203 e. The molecule has 3 rings (SSSR count). The molecule has 26 heavy (non-hydrogen) atoms. The van der Waals surface area contributed by atoms with Crippen LogP contribution in [0.25, 0.3) is 11.3 Å². The SMILES string of the molecule is COc1ccc(-c2csc([C@H](C#N)C(=O)c3cccn3C)n2)cc1OC. The van der Waals surface area contributed by atoms with Crippen LogP contribution in [-0.4, -0.2) is 29.6 Å². The second-order valence-electron chi connectivity index (χ2n) is 5.57. The molecule has 7 heteroatoms. The van der Waals surface area contributed by atoms with Crippen LogP contribution in [0.2, 0.25) is 0 Å². The Hall–Kier alpha value is -3.11. The summed E-state index contributed by atoms with van der Waals surface area (Å²) in [5.41, 5.74) is 2.00. The average Bonchev–Trinajstić information content (AvgIpc) is 3.31. The van der Waals surface area contributed by atoms with E-state index in [0.717, 1.165) is 5.56 Å². The minimum absolute atomic E-state index is 0.256. The van der Waals surface area contributed by atoms with Crippen LogP contribution in [0.15, 0.2) is 41.9 Å². The van der Waals surface area contributed by atoms with Gasteiger partial charge in [-0.1, -0.05) is 0 Å². The maximum atomic E-state index is 12.7.